The average Bonchev–Trinajstić information content (AvgIpc) is 3.86. The fraction of sp³-hybridized carbons (Fsp3) is 0. The Morgan fingerprint density at radius 1 is 0.367 bits per heavy atom. The molecule has 0 spiro atoms. The van der Waals surface area contributed by atoms with Gasteiger partial charge < -0.3 is 8.83 Å². The van der Waals surface area contributed by atoms with E-state index in [1.807, 2.05) is 35.6 Å². The molecule has 228 valence electrons. The zero-order valence-corrected chi connectivity index (χ0v) is 27.1. The third kappa shape index (κ3) is 3.88. The van der Waals surface area contributed by atoms with Crippen molar-refractivity contribution in [2.75, 3.05) is 0 Å². The van der Waals surface area contributed by atoms with E-state index >= 15 is 0 Å². The summed E-state index contributed by atoms with van der Waals surface area (Å²) < 4.78 is 15.5. The fourth-order valence-corrected chi connectivity index (χ4v) is 9.14. The van der Waals surface area contributed by atoms with Gasteiger partial charge in [0.1, 0.15) is 22.5 Å². The number of furan rings is 2. The van der Waals surface area contributed by atoms with Crippen molar-refractivity contribution in [3.8, 4) is 33.6 Å². The Balaban J connectivity index is 1.23. The largest absolute Gasteiger partial charge is 0.456 e. The van der Waals surface area contributed by atoms with Crippen LogP contribution in [0.5, 0.6) is 0 Å². The number of thiophene rings is 1. The summed E-state index contributed by atoms with van der Waals surface area (Å²) in [6, 6.07) is 56.5. The summed E-state index contributed by atoms with van der Waals surface area (Å²) in [6.07, 6.45) is 0. The molecule has 0 aliphatic heterocycles. The smallest absolute Gasteiger partial charge is 0.139 e. The van der Waals surface area contributed by atoms with Crippen LogP contribution in [0.4, 0.5) is 0 Å². The standard InChI is InChI=1S/C46H26O2S/c1-2-12-27(13-3-1)38-25-28-24-36-40(26-39(28)48-38)47-37-21-10-19-34(45(36)37)43-29-14-4-6-16-31(29)44(32-17-7-5-15-30(32)43)35-20-11-23-42-46(35)33-18-8-9-22-41(33)49-42/h1-26H. The molecule has 0 bridgehead atoms. The van der Waals surface area contributed by atoms with Crippen LogP contribution in [0.1, 0.15) is 0 Å². The van der Waals surface area contributed by atoms with E-state index in [1.54, 1.807) is 0 Å². The Morgan fingerprint density at radius 3 is 1.67 bits per heavy atom. The zero-order valence-electron chi connectivity index (χ0n) is 26.2. The van der Waals surface area contributed by atoms with Crippen LogP contribution in [0, 0.1) is 0 Å². The van der Waals surface area contributed by atoms with E-state index in [9.17, 15) is 0 Å². The van der Waals surface area contributed by atoms with Gasteiger partial charge in [0.05, 0.1) is 0 Å². The van der Waals surface area contributed by atoms with Gasteiger partial charge >= 0.3 is 0 Å². The molecule has 0 amide bonds. The summed E-state index contributed by atoms with van der Waals surface area (Å²) in [5, 5.41) is 10.8. The van der Waals surface area contributed by atoms with Crippen molar-refractivity contribution in [2.24, 2.45) is 0 Å². The Morgan fingerprint density at radius 2 is 0.959 bits per heavy atom. The molecule has 0 atom stereocenters. The Kier molecular flexibility index (Phi) is 5.57. The predicted octanol–water partition coefficient (Wildman–Crippen LogP) is 14.0. The van der Waals surface area contributed by atoms with Gasteiger partial charge in [-0.15, -0.1) is 11.3 Å². The van der Waals surface area contributed by atoms with Crippen LogP contribution in [0.3, 0.4) is 0 Å². The number of hydrogen-bond donors (Lipinski definition) is 0. The first-order valence-electron chi connectivity index (χ1n) is 16.6. The van der Waals surface area contributed by atoms with Crippen LogP contribution in [0.15, 0.2) is 167 Å². The molecule has 49 heavy (non-hydrogen) atoms. The van der Waals surface area contributed by atoms with Crippen molar-refractivity contribution >= 4 is 86.0 Å². The molecule has 11 aromatic rings. The fourth-order valence-electron chi connectivity index (χ4n) is 8.01. The van der Waals surface area contributed by atoms with E-state index in [4.69, 9.17) is 8.83 Å². The van der Waals surface area contributed by atoms with Crippen molar-refractivity contribution in [3.05, 3.63) is 158 Å². The van der Waals surface area contributed by atoms with E-state index in [1.165, 1.54) is 64.0 Å². The zero-order chi connectivity index (χ0) is 32.1. The van der Waals surface area contributed by atoms with Gasteiger partial charge in [0.15, 0.2) is 0 Å². The van der Waals surface area contributed by atoms with Gasteiger partial charge in [-0.25, -0.2) is 0 Å². The van der Waals surface area contributed by atoms with Crippen molar-refractivity contribution in [3.63, 3.8) is 0 Å². The van der Waals surface area contributed by atoms with Crippen molar-refractivity contribution in [2.45, 2.75) is 0 Å². The number of hydrogen-bond acceptors (Lipinski definition) is 3. The highest BCUT2D eigenvalue weighted by molar-refractivity contribution is 7.25. The molecule has 3 heteroatoms. The summed E-state index contributed by atoms with van der Waals surface area (Å²) in [5.41, 5.74) is 8.52. The lowest BCUT2D eigenvalue weighted by atomic mass is 9.84. The minimum Gasteiger partial charge on any atom is -0.456 e. The summed E-state index contributed by atoms with van der Waals surface area (Å²) in [5.74, 6) is 0.855. The van der Waals surface area contributed by atoms with Crippen LogP contribution in [-0.2, 0) is 0 Å². The molecular weight excluding hydrogens is 617 g/mol. The maximum atomic E-state index is 6.58. The summed E-state index contributed by atoms with van der Waals surface area (Å²) in [7, 11) is 0. The molecule has 8 aromatic carbocycles. The maximum Gasteiger partial charge on any atom is 0.139 e. The molecule has 0 fully saturated rings. The molecule has 0 saturated carbocycles. The molecule has 3 aromatic heterocycles. The predicted molar refractivity (Wildman–Crippen MR) is 208 cm³/mol. The lowest BCUT2D eigenvalue weighted by molar-refractivity contribution is 0.628. The third-order valence-electron chi connectivity index (χ3n) is 10.1. The van der Waals surface area contributed by atoms with Gasteiger partial charge in [-0.3, -0.25) is 0 Å². The van der Waals surface area contributed by atoms with E-state index in [0.29, 0.717) is 0 Å². The SMILES string of the molecule is c1ccc(-c2cc3cc4c(cc3o2)oc2cccc(-c3c5ccccc5c(-c5cccc6sc7ccccc7c56)c5ccccc35)c24)cc1. The summed E-state index contributed by atoms with van der Waals surface area (Å²) in [6.45, 7) is 0. The molecular formula is C46H26O2S. The number of rotatable bonds is 3. The van der Waals surface area contributed by atoms with Crippen LogP contribution >= 0.6 is 11.3 Å². The van der Waals surface area contributed by atoms with Gasteiger partial charge in [-0.05, 0) is 74.1 Å². The van der Waals surface area contributed by atoms with Crippen LogP contribution in [0.25, 0.3) is 108 Å². The first kappa shape index (κ1) is 26.9. The molecule has 0 N–H and O–H groups in total. The number of benzene rings is 8. The van der Waals surface area contributed by atoms with Crippen molar-refractivity contribution < 1.29 is 8.83 Å². The topological polar surface area (TPSA) is 26.3 Å². The molecule has 3 heterocycles. The van der Waals surface area contributed by atoms with Crippen molar-refractivity contribution in [1.82, 2.24) is 0 Å². The van der Waals surface area contributed by atoms with E-state index in [-0.39, 0.29) is 0 Å². The van der Waals surface area contributed by atoms with E-state index in [0.717, 1.165) is 44.2 Å². The lowest BCUT2D eigenvalue weighted by Crippen LogP contribution is -1.91. The van der Waals surface area contributed by atoms with Crippen LogP contribution < -0.4 is 0 Å². The molecule has 0 radical (unpaired) electrons. The molecule has 0 aliphatic carbocycles. The Labute approximate surface area is 285 Å². The minimum atomic E-state index is 0.822. The van der Waals surface area contributed by atoms with Gasteiger partial charge in [0.2, 0.25) is 0 Å². The summed E-state index contributed by atoms with van der Waals surface area (Å²) >= 11 is 1.87. The van der Waals surface area contributed by atoms with Gasteiger partial charge in [-0.1, -0.05) is 121 Å². The molecule has 11 rings (SSSR count). The Bertz CT molecular complexity index is 3050. The van der Waals surface area contributed by atoms with Crippen LogP contribution in [-0.4, -0.2) is 0 Å². The highest BCUT2D eigenvalue weighted by atomic mass is 32.1. The summed E-state index contributed by atoms with van der Waals surface area (Å²) in [4.78, 5) is 0. The highest BCUT2D eigenvalue weighted by Crippen LogP contribution is 2.49. The van der Waals surface area contributed by atoms with Gasteiger partial charge in [0.25, 0.3) is 0 Å². The molecule has 2 nitrogen and oxygen atoms in total. The second kappa shape index (κ2) is 10.2. The van der Waals surface area contributed by atoms with Gasteiger partial charge in [0, 0.05) is 48.0 Å². The average molecular weight is 643 g/mol. The Hall–Kier alpha value is -6.16. The van der Waals surface area contributed by atoms with E-state index < -0.39 is 0 Å². The monoisotopic (exact) mass is 642 g/mol. The minimum absolute atomic E-state index is 0.822. The quantitative estimate of drug-likeness (QED) is 0.179. The highest BCUT2D eigenvalue weighted by Gasteiger charge is 2.22. The molecule has 0 aliphatic rings. The first-order valence-corrected chi connectivity index (χ1v) is 17.4. The second-order valence-corrected chi connectivity index (χ2v) is 13.8. The second-order valence-electron chi connectivity index (χ2n) is 12.8. The first-order chi connectivity index (χ1) is 24.3. The molecule has 0 unspecified atom stereocenters. The molecule has 0 saturated heterocycles. The lowest BCUT2D eigenvalue weighted by Gasteiger charge is -2.19. The van der Waals surface area contributed by atoms with E-state index in [2.05, 4.69) is 133 Å². The maximum absolute atomic E-state index is 6.58. The van der Waals surface area contributed by atoms with Gasteiger partial charge in [-0.2, -0.15) is 0 Å². The van der Waals surface area contributed by atoms with Crippen LogP contribution in [0.2, 0.25) is 0 Å². The normalized spacial score (nSPS) is 12.1. The van der Waals surface area contributed by atoms with Crippen molar-refractivity contribution in [1.29, 1.82) is 0 Å². The third-order valence-corrected chi connectivity index (χ3v) is 11.2. The number of fused-ring (bicyclic) bond motifs is 9.